The molecule has 3 fully saturated rings. The van der Waals surface area contributed by atoms with Crippen molar-refractivity contribution in [1.82, 2.24) is 5.32 Å². The quantitative estimate of drug-likeness (QED) is 0.909. The van der Waals surface area contributed by atoms with Crippen LogP contribution in [-0.2, 0) is 4.79 Å². The molecule has 3 aliphatic carbocycles. The number of carbonyl (C=O) groups excluding carboxylic acids is 2. The lowest BCUT2D eigenvalue weighted by atomic mass is 9.84. The van der Waals surface area contributed by atoms with Crippen LogP contribution in [0.3, 0.4) is 0 Å². The average Bonchev–Trinajstić information content (AvgIpc) is 2.91. The van der Waals surface area contributed by atoms with Crippen molar-refractivity contribution in [1.29, 1.82) is 0 Å². The predicted octanol–water partition coefficient (Wildman–Crippen LogP) is 3.11. The molecular weight excluding hydrogens is 302 g/mol. The van der Waals surface area contributed by atoms with Crippen molar-refractivity contribution in [3.05, 3.63) is 29.8 Å². The van der Waals surface area contributed by atoms with Gasteiger partial charge in [-0.3, -0.25) is 9.59 Å². The SMILES string of the molecule is O=C1C[C@@]2(CC[C@@H]3[C@@H](C(=O)NC4CCCC4)[C@@H]32)Oc2ccccc21. The fraction of sp³-hybridized carbons (Fsp3) is 0.600. The van der Waals surface area contributed by atoms with Crippen LogP contribution >= 0.6 is 0 Å². The van der Waals surface area contributed by atoms with Gasteiger partial charge in [0.2, 0.25) is 5.91 Å². The Labute approximate surface area is 142 Å². The van der Waals surface area contributed by atoms with Crippen LogP contribution in [0.1, 0.15) is 55.3 Å². The molecular formula is C20H23NO3. The van der Waals surface area contributed by atoms with Gasteiger partial charge in [0.15, 0.2) is 5.78 Å². The molecule has 4 nitrogen and oxygen atoms in total. The first-order chi connectivity index (χ1) is 11.7. The molecule has 1 amide bonds. The van der Waals surface area contributed by atoms with Gasteiger partial charge in [-0.05, 0) is 43.7 Å². The number of nitrogens with one attached hydrogen (secondary N) is 1. The second-order valence-corrected chi connectivity index (χ2v) is 8.01. The van der Waals surface area contributed by atoms with Crippen molar-refractivity contribution in [3.8, 4) is 5.75 Å². The lowest BCUT2D eigenvalue weighted by molar-refractivity contribution is -0.124. The molecule has 5 rings (SSSR count). The van der Waals surface area contributed by atoms with Gasteiger partial charge in [-0.15, -0.1) is 0 Å². The van der Waals surface area contributed by atoms with Crippen LogP contribution in [0.5, 0.6) is 5.75 Å². The summed E-state index contributed by atoms with van der Waals surface area (Å²) in [5, 5.41) is 3.24. The van der Waals surface area contributed by atoms with Crippen molar-refractivity contribution in [2.45, 2.75) is 56.6 Å². The molecule has 4 aliphatic rings. The number of benzene rings is 1. The molecule has 3 saturated carbocycles. The molecule has 1 N–H and O–H groups in total. The van der Waals surface area contributed by atoms with E-state index in [1.807, 2.05) is 24.3 Å². The summed E-state index contributed by atoms with van der Waals surface area (Å²) in [6.45, 7) is 0. The Morgan fingerprint density at radius 3 is 2.79 bits per heavy atom. The number of fused-ring (bicyclic) bond motifs is 3. The van der Waals surface area contributed by atoms with Crippen LogP contribution in [0.15, 0.2) is 24.3 Å². The summed E-state index contributed by atoms with van der Waals surface area (Å²) in [4.78, 5) is 25.3. The minimum absolute atomic E-state index is 0.0532. The zero-order chi connectivity index (χ0) is 16.3. The van der Waals surface area contributed by atoms with Gasteiger partial charge in [0.05, 0.1) is 12.0 Å². The van der Waals surface area contributed by atoms with Gasteiger partial charge >= 0.3 is 0 Å². The minimum atomic E-state index is -0.437. The van der Waals surface area contributed by atoms with E-state index in [0.717, 1.165) is 25.7 Å². The second kappa shape index (κ2) is 5.08. The van der Waals surface area contributed by atoms with E-state index in [0.29, 0.717) is 29.7 Å². The van der Waals surface area contributed by atoms with E-state index in [2.05, 4.69) is 5.32 Å². The van der Waals surface area contributed by atoms with Gasteiger partial charge < -0.3 is 10.1 Å². The molecule has 1 spiro atoms. The smallest absolute Gasteiger partial charge is 0.224 e. The van der Waals surface area contributed by atoms with E-state index >= 15 is 0 Å². The van der Waals surface area contributed by atoms with E-state index in [1.54, 1.807) is 0 Å². The second-order valence-electron chi connectivity index (χ2n) is 8.01. The lowest BCUT2D eigenvalue weighted by Crippen LogP contribution is -2.45. The van der Waals surface area contributed by atoms with Crippen LogP contribution < -0.4 is 10.1 Å². The van der Waals surface area contributed by atoms with E-state index in [1.165, 1.54) is 12.8 Å². The van der Waals surface area contributed by atoms with Crippen molar-refractivity contribution in [2.75, 3.05) is 0 Å². The van der Waals surface area contributed by atoms with Gasteiger partial charge in [0.1, 0.15) is 11.4 Å². The Morgan fingerprint density at radius 2 is 1.96 bits per heavy atom. The summed E-state index contributed by atoms with van der Waals surface area (Å²) in [5.41, 5.74) is 0.257. The van der Waals surface area contributed by atoms with Crippen LogP contribution in [0, 0.1) is 17.8 Å². The molecule has 24 heavy (non-hydrogen) atoms. The van der Waals surface area contributed by atoms with Crippen molar-refractivity contribution >= 4 is 11.7 Å². The van der Waals surface area contributed by atoms with E-state index in [4.69, 9.17) is 4.74 Å². The third kappa shape index (κ3) is 2.04. The topological polar surface area (TPSA) is 55.4 Å². The van der Waals surface area contributed by atoms with Crippen LogP contribution in [0.25, 0.3) is 0 Å². The number of ketones is 1. The number of ether oxygens (including phenoxy) is 1. The Balaban J connectivity index is 1.35. The zero-order valence-corrected chi connectivity index (χ0v) is 13.8. The third-order valence-corrected chi connectivity index (χ3v) is 6.64. The molecule has 4 atom stereocenters. The number of hydrogen-bond acceptors (Lipinski definition) is 3. The standard InChI is InChI=1S/C20H23NO3/c22-15-11-20(24-16-8-4-3-7-13(15)16)10-9-14-17(18(14)20)19(23)21-12-5-1-2-6-12/h3-4,7-8,12,14,17-18H,1-2,5-6,9-11H2,(H,21,23)/t14-,17-,18-,20-/m1/s1. The van der Waals surface area contributed by atoms with Crippen LogP contribution in [-0.4, -0.2) is 23.3 Å². The molecule has 1 aromatic rings. The largest absolute Gasteiger partial charge is 0.486 e. The summed E-state index contributed by atoms with van der Waals surface area (Å²) < 4.78 is 6.35. The van der Waals surface area contributed by atoms with Crippen LogP contribution in [0.2, 0.25) is 0 Å². The monoisotopic (exact) mass is 325 g/mol. The number of amides is 1. The van der Waals surface area contributed by atoms with Gasteiger partial charge in [0.25, 0.3) is 0 Å². The van der Waals surface area contributed by atoms with Gasteiger partial charge in [-0.25, -0.2) is 0 Å². The summed E-state index contributed by atoms with van der Waals surface area (Å²) in [6, 6.07) is 7.88. The Morgan fingerprint density at radius 1 is 1.17 bits per heavy atom. The molecule has 0 bridgehead atoms. The molecule has 0 radical (unpaired) electrons. The van der Waals surface area contributed by atoms with Crippen molar-refractivity contribution in [2.24, 2.45) is 17.8 Å². The molecule has 126 valence electrons. The number of rotatable bonds is 2. The fourth-order valence-electron chi connectivity index (χ4n) is 5.49. The highest BCUT2D eigenvalue weighted by Crippen LogP contribution is 2.65. The normalized spacial score (nSPS) is 37.0. The molecule has 0 unspecified atom stereocenters. The van der Waals surface area contributed by atoms with E-state index < -0.39 is 5.60 Å². The van der Waals surface area contributed by atoms with Crippen molar-refractivity contribution < 1.29 is 14.3 Å². The first-order valence-electron chi connectivity index (χ1n) is 9.30. The third-order valence-electron chi connectivity index (χ3n) is 6.64. The first kappa shape index (κ1) is 14.5. The maximum absolute atomic E-state index is 12.7. The highest BCUT2D eigenvalue weighted by atomic mass is 16.5. The minimum Gasteiger partial charge on any atom is -0.486 e. The van der Waals surface area contributed by atoms with Gasteiger partial charge in [0, 0.05) is 17.9 Å². The van der Waals surface area contributed by atoms with E-state index in [9.17, 15) is 9.59 Å². The van der Waals surface area contributed by atoms with E-state index in [-0.39, 0.29) is 23.5 Å². The zero-order valence-electron chi connectivity index (χ0n) is 13.8. The highest BCUT2D eigenvalue weighted by molar-refractivity contribution is 6.00. The number of hydrogen-bond donors (Lipinski definition) is 1. The number of carbonyl (C=O) groups is 2. The van der Waals surface area contributed by atoms with Gasteiger partial charge in [-0.2, -0.15) is 0 Å². The Kier molecular flexibility index (Phi) is 3.07. The predicted molar refractivity (Wildman–Crippen MR) is 88.9 cm³/mol. The molecule has 4 heteroatoms. The average molecular weight is 325 g/mol. The molecule has 0 aromatic heterocycles. The van der Waals surface area contributed by atoms with Gasteiger partial charge in [-0.1, -0.05) is 25.0 Å². The fourth-order valence-corrected chi connectivity index (χ4v) is 5.49. The molecule has 1 aliphatic heterocycles. The first-order valence-corrected chi connectivity index (χ1v) is 9.30. The summed E-state index contributed by atoms with van der Waals surface area (Å²) in [7, 11) is 0. The molecule has 0 saturated heterocycles. The summed E-state index contributed by atoms with van der Waals surface area (Å²) in [6.07, 6.45) is 7.00. The Bertz CT molecular complexity index is 709. The molecule has 1 aromatic carbocycles. The maximum atomic E-state index is 12.7. The lowest BCUT2D eigenvalue weighted by Gasteiger charge is -2.37. The van der Waals surface area contributed by atoms with Crippen molar-refractivity contribution in [3.63, 3.8) is 0 Å². The summed E-state index contributed by atoms with van der Waals surface area (Å²) in [5.74, 6) is 1.75. The maximum Gasteiger partial charge on any atom is 0.224 e. The van der Waals surface area contributed by atoms with Crippen LogP contribution in [0.4, 0.5) is 0 Å². The highest BCUT2D eigenvalue weighted by Gasteiger charge is 2.70. The Hall–Kier alpha value is -1.84. The summed E-state index contributed by atoms with van der Waals surface area (Å²) >= 11 is 0. The molecule has 1 heterocycles. The number of para-hydroxylation sites is 1. The number of Topliss-reactive ketones (excluding diaryl/α,β-unsaturated/α-hetero) is 1.